The first-order chi connectivity index (χ1) is 8.03. The summed E-state index contributed by atoms with van der Waals surface area (Å²) in [4.78, 5) is 0. The van der Waals surface area contributed by atoms with Crippen LogP contribution in [0, 0.1) is 0 Å². The van der Waals surface area contributed by atoms with Crippen LogP contribution in [-0.4, -0.2) is 28.2 Å². The highest BCUT2D eigenvalue weighted by molar-refractivity contribution is 7.92. The van der Waals surface area contributed by atoms with E-state index in [1.807, 2.05) is 30.3 Å². The Morgan fingerprint density at radius 3 is 2.59 bits per heavy atom. The van der Waals surface area contributed by atoms with E-state index < -0.39 is 10.0 Å². The second kappa shape index (κ2) is 6.54. The van der Waals surface area contributed by atoms with Gasteiger partial charge in [-0.25, -0.2) is 13.1 Å². The van der Waals surface area contributed by atoms with Crippen LogP contribution >= 0.6 is 0 Å². The molecule has 0 spiro atoms. The summed E-state index contributed by atoms with van der Waals surface area (Å²) in [6.07, 6.45) is 1.56. The molecule has 0 heterocycles. The molecule has 0 aromatic heterocycles. The number of hydrogen-bond donors (Lipinski definition) is 1. The molecule has 0 unspecified atom stereocenters. The maximum absolute atomic E-state index is 11.6. The van der Waals surface area contributed by atoms with E-state index in [4.69, 9.17) is 4.74 Å². The van der Waals surface area contributed by atoms with Crippen molar-refractivity contribution in [2.45, 2.75) is 13.0 Å². The van der Waals surface area contributed by atoms with E-state index in [2.05, 4.69) is 4.72 Å². The number of methoxy groups -OCH3 is 1. The Bertz CT molecular complexity index is 454. The van der Waals surface area contributed by atoms with Gasteiger partial charge in [0.25, 0.3) is 0 Å². The van der Waals surface area contributed by atoms with Crippen molar-refractivity contribution in [3.63, 3.8) is 0 Å². The van der Waals surface area contributed by atoms with Crippen molar-refractivity contribution in [2.75, 3.05) is 13.7 Å². The van der Waals surface area contributed by atoms with Gasteiger partial charge in [0, 0.05) is 18.6 Å². The van der Waals surface area contributed by atoms with Gasteiger partial charge in [0.1, 0.15) is 0 Å². The normalized spacial score (nSPS) is 14.0. The highest BCUT2D eigenvalue weighted by atomic mass is 32.2. The third-order valence-electron chi connectivity index (χ3n) is 2.02. The zero-order valence-corrected chi connectivity index (χ0v) is 10.8. The zero-order valence-electron chi connectivity index (χ0n) is 9.96. The summed E-state index contributed by atoms with van der Waals surface area (Å²) in [5, 5.41) is 1.16. The van der Waals surface area contributed by atoms with Gasteiger partial charge < -0.3 is 4.74 Å². The number of nitrogens with one attached hydrogen (secondary N) is 1. The van der Waals surface area contributed by atoms with Crippen LogP contribution in [0.15, 0.2) is 35.7 Å². The Hall–Kier alpha value is -1.17. The van der Waals surface area contributed by atoms with Crippen molar-refractivity contribution in [3.8, 4) is 0 Å². The Morgan fingerprint density at radius 1 is 1.35 bits per heavy atom. The third kappa shape index (κ3) is 5.63. The summed E-state index contributed by atoms with van der Waals surface area (Å²) in [5.41, 5.74) is 0.845. The molecule has 0 saturated heterocycles. The molecule has 0 aliphatic rings. The molecular formula is C12H17NO3S. The minimum atomic E-state index is -3.41. The number of benzene rings is 1. The van der Waals surface area contributed by atoms with E-state index in [0.717, 1.165) is 11.0 Å². The van der Waals surface area contributed by atoms with Crippen molar-refractivity contribution in [3.05, 3.63) is 41.3 Å². The van der Waals surface area contributed by atoms with Gasteiger partial charge in [-0.05, 0) is 18.6 Å². The molecule has 1 aromatic rings. The fourth-order valence-corrected chi connectivity index (χ4v) is 2.38. The van der Waals surface area contributed by atoms with Gasteiger partial charge in [0.2, 0.25) is 10.0 Å². The average molecular weight is 255 g/mol. The van der Waals surface area contributed by atoms with Crippen LogP contribution < -0.4 is 4.72 Å². The van der Waals surface area contributed by atoms with Crippen LogP contribution in [0.2, 0.25) is 0 Å². The maximum atomic E-state index is 11.6. The summed E-state index contributed by atoms with van der Waals surface area (Å²) in [5.74, 6) is 0. The number of rotatable bonds is 6. The van der Waals surface area contributed by atoms with E-state index in [0.29, 0.717) is 6.61 Å². The summed E-state index contributed by atoms with van der Waals surface area (Å²) in [7, 11) is -1.88. The van der Waals surface area contributed by atoms with Gasteiger partial charge in [-0.15, -0.1) is 0 Å². The minimum Gasteiger partial charge on any atom is -0.383 e. The van der Waals surface area contributed by atoms with Crippen LogP contribution in [0.25, 0.3) is 6.08 Å². The Morgan fingerprint density at radius 2 is 2.00 bits per heavy atom. The standard InChI is InChI=1S/C12H17NO3S/c1-11(10-16-2)13-17(14,15)9-8-12-6-4-3-5-7-12/h3-9,11,13H,10H2,1-2H3/b9-8+/t11-/m0/s1. The summed E-state index contributed by atoms with van der Waals surface area (Å²) in [6.45, 7) is 2.09. The lowest BCUT2D eigenvalue weighted by atomic mass is 10.2. The van der Waals surface area contributed by atoms with Crippen LogP contribution in [0.3, 0.4) is 0 Å². The van der Waals surface area contributed by atoms with Gasteiger partial charge in [-0.1, -0.05) is 30.3 Å². The minimum absolute atomic E-state index is 0.245. The third-order valence-corrected chi connectivity index (χ3v) is 3.25. The predicted molar refractivity (Wildman–Crippen MR) is 68.9 cm³/mol. The Balaban J connectivity index is 2.64. The van der Waals surface area contributed by atoms with Gasteiger partial charge in [-0.2, -0.15) is 0 Å². The molecule has 0 radical (unpaired) electrons. The first kappa shape index (κ1) is 13.9. The summed E-state index contributed by atoms with van der Waals surface area (Å²) in [6, 6.07) is 9.02. The molecule has 4 nitrogen and oxygen atoms in total. The lowest BCUT2D eigenvalue weighted by molar-refractivity contribution is 0.180. The van der Waals surface area contributed by atoms with Gasteiger partial charge in [-0.3, -0.25) is 0 Å². The van der Waals surface area contributed by atoms with Gasteiger partial charge in [0.05, 0.1) is 6.61 Å². The summed E-state index contributed by atoms with van der Waals surface area (Å²) >= 11 is 0. The average Bonchev–Trinajstić information content (AvgIpc) is 2.27. The van der Waals surface area contributed by atoms with E-state index >= 15 is 0 Å². The molecule has 0 aliphatic heterocycles. The monoisotopic (exact) mass is 255 g/mol. The van der Waals surface area contributed by atoms with E-state index in [1.54, 1.807) is 13.0 Å². The van der Waals surface area contributed by atoms with Crippen molar-refractivity contribution >= 4 is 16.1 Å². The molecule has 94 valence electrons. The molecule has 0 bridgehead atoms. The maximum Gasteiger partial charge on any atom is 0.234 e. The lowest BCUT2D eigenvalue weighted by Gasteiger charge is -2.10. The van der Waals surface area contributed by atoms with E-state index in [1.165, 1.54) is 7.11 Å². The highest BCUT2D eigenvalue weighted by Crippen LogP contribution is 2.03. The predicted octanol–water partition coefficient (Wildman–Crippen LogP) is 1.61. The molecule has 17 heavy (non-hydrogen) atoms. The molecule has 5 heteroatoms. The fraction of sp³-hybridized carbons (Fsp3) is 0.333. The summed E-state index contributed by atoms with van der Waals surface area (Å²) < 4.78 is 30.6. The molecule has 1 rings (SSSR count). The topological polar surface area (TPSA) is 55.4 Å². The Kier molecular flexibility index (Phi) is 5.34. The van der Waals surface area contributed by atoms with E-state index in [9.17, 15) is 8.42 Å². The van der Waals surface area contributed by atoms with Crippen LogP contribution in [0.4, 0.5) is 0 Å². The highest BCUT2D eigenvalue weighted by Gasteiger charge is 2.10. The van der Waals surface area contributed by atoms with Gasteiger partial charge >= 0.3 is 0 Å². The second-order valence-corrected chi connectivity index (χ2v) is 5.33. The van der Waals surface area contributed by atoms with Gasteiger partial charge in [0.15, 0.2) is 0 Å². The van der Waals surface area contributed by atoms with Crippen LogP contribution in [0.5, 0.6) is 0 Å². The number of ether oxygens (including phenoxy) is 1. The first-order valence-corrected chi connectivity index (χ1v) is 6.82. The molecule has 1 N–H and O–H groups in total. The van der Waals surface area contributed by atoms with E-state index in [-0.39, 0.29) is 6.04 Å². The smallest absolute Gasteiger partial charge is 0.234 e. The fourth-order valence-electron chi connectivity index (χ4n) is 1.34. The van der Waals surface area contributed by atoms with Crippen molar-refractivity contribution in [2.24, 2.45) is 0 Å². The quantitative estimate of drug-likeness (QED) is 0.840. The molecule has 0 saturated carbocycles. The number of sulfonamides is 1. The number of hydrogen-bond acceptors (Lipinski definition) is 3. The van der Waals surface area contributed by atoms with Crippen molar-refractivity contribution < 1.29 is 13.2 Å². The Labute approximate surface area is 102 Å². The zero-order chi connectivity index (χ0) is 12.7. The van der Waals surface area contributed by atoms with Crippen LogP contribution in [0.1, 0.15) is 12.5 Å². The molecule has 1 atom stereocenters. The molecule has 0 aliphatic carbocycles. The largest absolute Gasteiger partial charge is 0.383 e. The molecule has 0 amide bonds. The molecule has 0 fully saturated rings. The molecular weight excluding hydrogens is 238 g/mol. The van der Waals surface area contributed by atoms with Crippen LogP contribution in [-0.2, 0) is 14.8 Å². The lowest BCUT2D eigenvalue weighted by Crippen LogP contribution is -2.34. The van der Waals surface area contributed by atoms with Crippen molar-refractivity contribution in [1.82, 2.24) is 4.72 Å². The second-order valence-electron chi connectivity index (χ2n) is 3.73. The van der Waals surface area contributed by atoms with Crippen molar-refractivity contribution in [1.29, 1.82) is 0 Å². The first-order valence-electron chi connectivity index (χ1n) is 5.28. The molecule has 1 aromatic carbocycles. The SMILES string of the molecule is COC[C@H](C)NS(=O)(=O)/C=C/c1ccccc1.